The number of aryl methyl sites for hydroxylation is 1. The molecule has 0 aliphatic rings. The second-order valence-corrected chi connectivity index (χ2v) is 4.67. The van der Waals surface area contributed by atoms with Crippen molar-refractivity contribution in [2.45, 2.75) is 6.92 Å². The minimum atomic E-state index is -0.191. The van der Waals surface area contributed by atoms with Gasteiger partial charge in [0.1, 0.15) is 0 Å². The highest BCUT2D eigenvalue weighted by Gasteiger charge is 2.10. The Morgan fingerprint density at radius 1 is 1.40 bits per heavy atom. The molecule has 0 aliphatic heterocycles. The van der Waals surface area contributed by atoms with Gasteiger partial charge in [-0.15, -0.1) is 11.3 Å². The highest BCUT2D eigenvalue weighted by atomic mass is 32.1. The third kappa shape index (κ3) is 3.36. The summed E-state index contributed by atoms with van der Waals surface area (Å²) < 4.78 is 0. The van der Waals surface area contributed by atoms with E-state index >= 15 is 0 Å². The minimum Gasteiger partial charge on any atom is -0.347 e. The molecule has 0 aromatic carbocycles. The Morgan fingerprint density at radius 3 is 2.53 bits per heavy atom. The lowest BCUT2D eigenvalue weighted by Gasteiger charge is -2.10. The number of carbonyl (C=O) groups excluding carboxylic acids is 2. The zero-order valence-electron chi connectivity index (χ0n) is 9.03. The van der Waals surface area contributed by atoms with Crippen molar-refractivity contribution in [3.05, 3.63) is 21.9 Å². The second kappa shape index (κ2) is 4.93. The average molecular weight is 226 g/mol. The van der Waals surface area contributed by atoms with Crippen LogP contribution in [0.3, 0.4) is 0 Å². The average Bonchev–Trinajstić information content (AvgIpc) is 2.60. The molecule has 0 bridgehead atoms. The van der Waals surface area contributed by atoms with E-state index in [1.54, 1.807) is 20.2 Å². The van der Waals surface area contributed by atoms with Crippen LogP contribution in [0.25, 0.3) is 0 Å². The molecule has 2 amide bonds. The summed E-state index contributed by atoms with van der Waals surface area (Å²) in [5.41, 5.74) is 0. The van der Waals surface area contributed by atoms with Crippen molar-refractivity contribution >= 4 is 23.2 Å². The monoisotopic (exact) mass is 226 g/mol. The Kier molecular flexibility index (Phi) is 3.85. The van der Waals surface area contributed by atoms with Crippen LogP contribution in [0, 0.1) is 6.92 Å². The second-order valence-electron chi connectivity index (χ2n) is 3.38. The first-order valence-electron chi connectivity index (χ1n) is 4.55. The van der Waals surface area contributed by atoms with Crippen LogP contribution in [0.5, 0.6) is 0 Å². The molecular formula is C10H14N2O2S. The van der Waals surface area contributed by atoms with E-state index in [4.69, 9.17) is 0 Å². The van der Waals surface area contributed by atoms with Gasteiger partial charge in [-0.25, -0.2) is 0 Å². The molecule has 0 unspecified atom stereocenters. The Hall–Kier alpha value is -1.36. The van der Waals surface area contributed by atoms with Crippen LogP contribution >= 0.6 is 11.3 Å². The summed E-state index contributed by atoms with van der Waals surface area (Å²) in [6.45, 7) is 1.98. The minimum absolute atomic E-state index is 0.0444. The molecule has 0 fully saturated rings. The quantitative estimate of drug-likeness (QED) is 0.831. The Morgan fingerprint density at radius 2 is 2.07 bits per heavy atom. The van der Waals surface area contributed by atoms with Crippen LogP contribution in [0.2, 0.25) is 0 Å². The predicted octanol–water partition coefficient (Wildman–Crippen LogP) is 0.875. The number of rotatable bonds is 3. The third-order valence-electron chi connectivity index (χ3n) is 1.86. The first-order valence-corrected chi connectivity index (χ1v) is 5.37. The highest BCUT2D eigenvalue weighted by molar-refractivity contribution is 7.13. The molecule has 15 heavy (non-hydrogen) atoms. The van der Waals surface area contributed by atoms with Crippen molar-refractivity contribution in [3.63, 3.8) is 0 Å². The molecule has 0 spiro atoms. The van der Waals surface area contributed by atoms with Gasteiger partial charge in [0.2, 0.25) is 5.91 Å². The number of hydrogen-bond acceptors (Lipinski definition) is 3. The maximum atomic E-state index is 11.5. The van der Waals surface area contributed by atoms with Gasteiger partial charge < -0.3 is 10.2 Å². The predicted molar refractivity (Wildman–Crippen MR) is 60.1 cm³/mol. The van der Waals surface area contributed by atoms with Gasteiger partial charge in [0.05, 0.1) is 11.4 Å². The number of hydrogen-bond donors (Lipinski definition) is 1. The van der Waals surface area contributed by atoms with E-state index in [0.29, 0.717) is 4.88 Å². The fourth-order valence-corrected chi connectivity index (χ4v) is 1.74. The fourth-order valence-electron chi connectivity index (χ4n) is 0.958. The molecule has 5 heteroatoms. The maximum Gasteiger partial charge on any atom is 0.261 e. The van der Waals surface area contributed by atoms with Crippen LogP contribution in [-0.2, 0) is 4.79 Å². The first kappa shape index (κ1) is 11.7. The number of carbonyl (C=O) groups is 2. The molecule has 0 aliphatic carbocycles. The Balaban J connectivity index is 2.47. The highest BCUT2D eigenvalue weighted by Crippen LogP contribution is 2.14. The standard InChI is InChI=1S/C10H14N2O2S/c1-7-4-5-8(15-7)10(14)11-6-9(13)12(2)3/h4-5H,6H2,1-3H3,(H,11,14). The largest absolute Gasteiger partial charge is 0.347 e. The molecule has 1 aromatic heterocycles. The first-order chi connectivity index (χ1) is 7.00. The van der Waals surface area contributed by atoms with Gasteiger partial charge in [-0.3, -0.25) is 9.59 Å². The van der Waals surface area contributed by atoms with E-state index in [-0.39, 0.29) is 18.4 Å². The van der Waals surface area contributed by atoms with Gasteiger partial charge in [0, 0.05) is 19.0 Å². The van der Waals surface area contributed by atoms with Crippen LogP contribution in [0.15, 0.2) is 12.1 Å². The molecule has 1 aromatic rings. The van der Waals surface area contributed by atoms with E-state index < -0.39 is 0 Å². The van der Waals surface area contributed by atoms with Gasteiger partial charge in [-0.1, -0.05) is 0 Å². The lowest BCUT2D eigenvalue weighted by atomic mass is 10.4. The fraction of sp³-hybridized carbons (Fsp3) is 0.400. The summed E-state index contributed by atoms with van der Waals surface area (Å²) in [6.07, 6.45) is 0. The molecule has 0 saturated carbocycles. The summed E-state index contributed by atoms with van der Waals surface area (Å²) in [4.78, 5) is 25.9. The summed E-state index contributed by atoms with van der Waals surface area (Å²) >= 11 is 1.42. The Bertz CT molecular complexity index is 371. The van der Waals surface area contributed by atoms with E-state index in [9.17, 15) is 9.59 Å². The molecule has 0 atom stereocenters. The molecule has 0 saturated heterocycles. The summed E-state index contributed by atoms with van der Waals surface area (Å²) in [7, 11) is 3.31. The number of nitrogens with one attached hydrogen (secondary N) is 1. The van der Waals surface area contributed by atoms with Gasteiger partial charge in [0.25, 0.3) is 5.91 Å². The lowest BCUT2D eigenvalue weighted by Crippen LogP contribution is -2.35. The Labute approximate surface area is 92.9 Å². The molecule has 0 radical (unpaired) electrons. The van der Waals surface area contributed by atoms with Crippen LogP contribution in [0.1, 0.15) is 14.5 Å². The van der Waals surface area contributed by atoms with Gasteiger partial charge in [-0.2, -0.15) is 0 Å². The number of likely N-dealkylation sites (N-methyl/N-ethyl adjacent to an activating group) is 1. The van der Waals surface area contributed by atoms with Crippen molar-refractivity contribution < 1.29 is 9.59 Å². The van der Waals surface area contributed by atoms with Crippen molar-refractivity contribution in [1.29, 1.82) is 0 Å². The molecular weight excluding hydrogens is 212 g/mol. The smallest absolute Gasteiger partial charge is 0.261 e. The lowest BCUT2D eigenvalue weighted by molar-refractivity contribution is -0.127. The van der Waals surface area contributed by atoms with E-state index in [1.807, 2.05) is 13.0 Å². The molecule has 82 valence electrons. The van der Waals surface area contributed by atoms with E-state index in [0.717, 1.165) is 4.88 Å². The molecule has 4 nitrogen and oxygen atoms in total. The van der Waals surface area contributed by atoms with E-state index in [1.165, 1.54) is 16.2 Å². The van der Waals surface area contributed by atoms with Crippen molar-refractivity contribution in [2.24, 2.45) is 0 Å². The summed E-state index contributed by atoms with van der Waals surface area (Å²) in [5.74, 6) is -0.306. The van der Waals surface area contributed by atoms with Crippen LogP contribution in [0.4, 0.5) is 0 Å². The number of thiophene rings is 1. The summed E-state index contributed by atoms with van der Waals surface area (Å²) in [6, 6.07) is 3.64. The van der Waals surface area contributed by atoms with Crippen molar-refractivity contribution in [1.82, 2.24) is 10.2 Å². The molecule has 1 rings (SSSR count). The topological polar surface area (TPSA) is 49.4 Å². The molecule has 1 N–H and O–H groups in total. The zero-order chi connectivity index (χ0) is 11.4. The SMILES string of the molecule is Cc1ccc(C(=O)NCC(=O)N(C)C)s1. The summed E-state index contributed by atoms with van der Waals surface area (Å²) in [5, 5.41) is 2.57. The zero-order valence-corrected chi connectivity index (χ0v) is 9.85. The van der Waals surface area contributed by atoms with Gasteiger partial charge in [0.15, 0.2) is 0 Å². The normalized spacial score (nSPS) is 9.80. The third-order valence-corrected chi connectivity index (χ3v) is 2.86. The van der Waals surface area contributed by atoms with Crippen molar-refractivity contribution in [2.75, 3.05) is 20.6 Å². The van der Waals surface area contributed by atoms with Crippen LogP contribution in [-0.4, -0.2) is 37.4 Å². The maximum absolute atomic E-state index is 11.5. The number of nitrogens with zero attached hydrogens (tertiary/aromatic N) is 1. The van der Waals surface area contributed by atoms with Crippen molar-refractivity contribution in [3.8, 4) is 0 Å². The van der Waals surface area contributed by atoms with E-state index in [2.05, 4.69) is 5.32 Å². The molecule has 1 heterocycles. The van der Waals surface area contributed by atoms with Gasteiger partial charge >= 0.3 is 0 Å². The van der Waals surface area contributed by atoms with Gasteiger partial charge in [-0.05, 0) is 19.1 Å². The van der Waals surface area contributed by atoms with Crippen LogP contribution < -0.4 is 5.32 Å². The number of amides is 2.